The summed E-state index contributed by atoms with van der Waals surface area (Å²) in [5.41, 5.74) is 0. The molecular formula is C14H24Cl2N4O2. The van der Waals surface area contributed by atoms with Crippen molar-refractivity contribution in [2.45, 2.75) is 31.4 Å². The number of aliphatic hydroxyl groups is 1. The van der Waals surface area contributed by atoms with Crippen molar-refractivity contribution in [3.05, 3.63) is 24.4 Å². The van der Waals surface area contributed by atoms with E-state index in [2.05, 4.69) is 20.9 Å². The van der Waals surface area contributed by atoms with Gasteiger partial charge in [0, 0.05) is 25.8 Å². The van der Waals surface area contributed by atoms with Crippen molar-refractivity contribution in [2.24, 2.45) is 0 Å². The highest BCUT2D eigenvalue weighted by molar-refractivity contribution is 5.85. The second-order valence-corrected chi connectivity index (χ2v) is 4.99. The van der Waals surface area contributed by atoms with Crippen LogP contribution in [-0.4, -0.2) is 47.8 Å². The second-order valence-electron chi connectivity index (χ2n) is 4.99. The molecule has 1 aliphatic rings. The first kappa shape index (κ1) is 20.9. The Hall–Kier alpha value is -1.08. The first-order valence-electron chi connectivity index (χ1n) is 7.10. The minimum atomic E-state index is -0.395. The molecule has 2 rings (SSSR count). The lowest BCUT2D eigenvalue weighted by atomic mass is 10.2. The number of hydrogen-bond acceptors (Lipinski definition) is 5. The normalized spacial score (nSPS) is 19.7. The van der Waals surface area contributed by atoms with Crippen LogP contribution in [0.5, 0.6) is 0 Å². The quantitative estimate of drug-likeness (QED) is 0.550. The number of nitrogens with zero attached hydrogens (tertiary/aromatic N) is 1. The highest BCUT2D eigenvalue weighted by atomic mass is 35.5. The van der Waals surface area contributed by atoms with Gasteiger partial charge in [0.05, 0.1) is 12.1 Å². The Morgan fingerprint density at radius 2 is 2.09 bits per heavy atom. The zero-order valence-electron chi connectivity index (χ0n) is 12.3. The summed E-state index contributed by atoms with van der Waals surface area (Å²) in [5, 5.41) is 18.5. The Kier molecular flexibility index (Phi) is 10.9. The molecule has 1 saturated heterocycles. The number of carbonyl (C=O) groups is 1. The van der Waals surface area contributed by atoms with Gasteiger partial charge in [-0.05, 0) is 31.4 Å². The fourth-order valence-electron chi connectivity index (χ4n) is 2.19. The maximum absolute atomic E-state index is 11.7. The van der Waals surface area contributed by atoms with Crippen LogP contribution >= 0.6 is 24.8 Å². The lowest BCUT2D eigenvalue weighted by Crippen LogP contribution is -2.40. The van der Waals surface area contributed by atoms with Crippen LogP contribution in [0.2, 0.25) is 0 Å². The third-order valence-corrected chi connectivity index (χ3v) is 3.30. The van der Waals surface area contributed by atoms with E-state index in [1.165, 1.54) is 0 Å². The predicted molar refractivity (Wildman–Crippen MR) is 91.9 cm³/mol. The molecule has 22 heavy (non-hydrogen) atoms. The summed E-state index contributed by atoms with van der Waals surface area (Å²) in [7, 11) is 0. The SMILES string of the molecule is Cl.Cl.O=C(NCCCCNc1ccccn1)C1CC(O)CN1. The Morgan fingerprint density at radius 3 is 2.73 bits per heavy atom. The lowest BCUT2D eigenvalue weighted by Gasteiger charge is -2.11. The molecule has 0 saturated carbocycles. The number of rotatable bonds is 7. The van der Waals surface area contributed by atoms with Crippen LogP contribution < -0.4 is 16.0 Å². The van der Waals surface area contributed by atoms with Gasteiger partial charge in [-0.15, -0.1) is 24.8 Å². The maximum Gasteiger partial charge on any atom is 0.237 e. The van der Waals surface area contributed by atoms with E-state index >= 15 is 0 Å². The molecule has 2 heterocycles. The zero-order valence-corrected chi connectivity index (χ0v) is 14.0. The van der Waals surface area contributed by atoms with E-state index in [0.29, 0.717) is 19.5 Å². The predicted octanol–water partition coefficient (Wildman–Crippen LogP) is 0.956. The third-order valence-electron chi connectivity index (χ3n) is 3.30. The van der Waals surface area contributed by atoms with Gasteiger partial charge in [0.1, 0.15) is 5.82 Å². The number of carbonyl (C=O) groups excluding carboxylic acids is 1. The molecule has 2 atom stereocenters. The fraction of sp³-hybridized carbons (Fsp3) is 0.571. The molecule has 0 bridgehead atoms. The molecule has 0 spiro atoms. The number of β-amino-alcohol motifs (C(OH)–C–C–N with tert-alkyl or cyclic N) is 1. The van der Waals surface area contributed by atoms with Crippen molar-refractivity contribution in [3.63, 3.8) is 0 Å². The zero-order chi connectivity index (χ0) is 14.2. The van der Waals surface area contributed by atoms with Gasteiger partial charge in [-0.2, -0.15) is 0 Å². The van der Waals surface area contributed by atoms with E-state index in [9.17, 15) is 9.90 Å². The molecule has 1 aromatic heterocycles. The average molecular weight is 351 g/mol. The van der Waals surface area contributed by atoms with E-state index < -0.39 is 6.10 Å². The molecule has 4 N–H and O–H groups in total. The summed E-state index contributed by atoms with van der Waals surface area (Å²) < 4.78 is 0. The number of nitrogens with one attached hydrogen (secondary N) is 3. The molecule has 0 aromatic carbocycles. The molecule has 1 aliphatic heterocycles. The largest absolute Gasteiger partial charge is 0.392 e. The van der Waals surface area contributed by atoms with Crippen molar-refractivity contribution in [2.75, 3.05) is 25.0 Å². The van der Waals surface area contributed by atoms with Crippen LogP contribution in [-0.2, 0) is 4.79 Å². The number of unbranched alkanes of at least 4 members (excludes halogenated alkanes) is 1. The van der Waals surface area contributed by atoms with Crippen LogP contribution in [0.25, 0.3) is 0 Å². The van der Waals surface area contributed by atoms with E-state index in [0.717, 1.165) is 25.2 Å². The van der Waals surface area contributed by atoms with E-state index in [1.54, 1.807) is 6.20 Å². The summed E-state index contributed by atoms with van der Waals surface area (Å²) in [6, 6.07) is 5.52. The van der Waals surface area contributed by atoms with E-state index in [1.807, 2.05) is 18.2 Å². The number of halogens is 2. The summed E-state index contributed by atoms with van der Waals surface area (Å²) >= 11 is 0. The number of amides is 1. The van der Waals surface area contributed by atoms with Gasteiger partial charge < -0.3 is 21.1 Å². The highest BCUT2D eigenvalue weighted by Crippen LogP contribution is 2.06. The van der Waals surface area contributed by atoms with Crippen LogP contribution in [0, 0.1) is 0 Å². The van der Waals surface area contributed by atoms with E-state index in [-0.39, 0.29) is 36.8 Å². The molecular weight excluding hydrogens is 327 g/mol. The van der Waals surface area contributed by atoms with Crippen LogP contribution in [0.3, 0.4) is 0 Å². The van der Waals surface area contributed by atoms with E-state index in [4.69, 9.17) is 0 Å². The molecule has 6 nitrogen and oxygen atoms in total. The van der Waals surface area contributed by atoms with Crippen molar-refractivity contribution in [1.29, 1.82) is 0 Å². The van der Waals surface area contributed by atoms with Gasteiger partial charge in [-0.25, -0.2) is 4.98 Å². The van der Waals surface area contributed by atoms with Gasteiger partial charge in [-0.1, -0.05) is 6.07 Å². The molecule has 1 fully saturated rings. The van der Waals surface area contributed by atoms with Gasteiger partial charge in [0.2, 0.25) is 5.91 Å². The summed E-state index contributed by atoms with van der Waals surface area (Å²) in [5.74, 6) is 0.861. The first-order chi connectivity index (χ1) is 9.75. The van der Waals surface area contributed by atoms with Gasteiger partial charge in [0.25, 0.3) is 0 Å². The molecule has 2 unspecified atom stereocenters. The Bertz CT molecular complexity index is 423. The molecule has 0 aliphatic carbocycles. The van der Waals surface area contributed by atoms with Crippen molar-refractivity contribution >= 4 is 36.5 Å². The molecule has 1 amide bonds. The van der Waals surface area contributed by atoms with Crippen LogP contribution in [0.4, 0.5) is 5.82 Å². The summed E-state index contributed by atoms with van der Waals surface area (Å²) in [4.78, 5) is 15.9. The molecule has 1 aromatic rings. The topological polar surface area (TPSA) is 86.3 Å². The number of aromatic nitrogens is 1. The Balaban J connectivity index is 0.00000220. The fourth-order valence-corrected chi connectivity index (χ4v) is 2.19. The number of pyridine rings is 1. The smallest absolute Gasteiger partial charge is 0.237 e. The highest BCUT2D eigenvalue weighted by Gasteiger charge is 2.27. The van der Waals surface area contributed by atoms with Crippen molar-refractivity contribution in [1.82, 2.24) is 15.6 Å². The van der Waals surface area contributed by atoms with Crippen molar-refractivity contribution in [3.8, 4) is 0 Å². The number of anilines is 1. The lowest BCUT2D eigenvalue weighted by molar-refractivity contribution is -0.122. The molecule has 126 valence electrons. The monoisotopic (exact) mass is 350 g/mol. The number of aliphatic hydroxyl groups excluding tert-OH is 1. The minimum Gasteiger partial charge on any atom is -0.392 e. The maximum atomic E-state index is 11.7. The first-order valence-corrected chi connectivity index (χ1v) is 7.10. The summed E-state index contributed by atoms with van der Waals surface area (Å²) in [6.07, 6.45) is 3.75. The van der Waals surface area contributed by atoms with Gasteiger partial charge >= 0.3 is 0 Å². The van der Waals surface area contributed by atoms with Gasteiger partial charge in [-0.3, -0.25) is 4.79 Å². The van der Waals surface area contributed by atoms with Crippen LogP contribution in [0.15, 0.2) is 24.4 Å². The summed E-state index contributed by atoms with van der Waals surface area (Å²) in [6.45, 7) is 2.01. The number of hydrogen-bond donors (Lipinski definition) is 4. The van der Waals surface area contributed by atoms with Crippen LogP contribution in [0.1, 0.15) is 19.3 Å². The Morgan fingerprint density at radius 1 is 1.32 bits per heavy atom. The second kappa shape index (κ2) is 11.5. The standard InChI is InChI=1S/C14H22N4O2.2ClH/c19-11-9-12(18-10-11)14(20)17-8-4-3-7-16-13-5-1-2-6-15-13;;/h1-2,5-6,11-12,18-19H,3-4,7-10H2,(H,15,16)(H,17,20);2*1H. The molecule has 0 radical (unpaired) electrons. The third kappa shape index (κ3) is 7.26. The van der Waals surface area contributed by atoms with Crippen molar-refractivity contribution < 1.29 is 9.90 Å². The molecule has 8 heteroatoms. The van der Waals surface area contributed by atoms with Gasteiger partial charge in [0.15, 0.2) is 0 Å². The average Bonchev–Trinajstić information content (AvgIpc) is 2.90. The Labute approximate surface area is 143 Å². The minimum absolute atomic E-state index is 0.